The third-order valence-electron chi connectivity index (χ3n) is 2.76. The van der Waals surface area contributed by atoms with Gasteiger partial charge in [0.05, 0.1) is 12.8 Å². The second-order valence-corrected chi connectivity index (χ2v) is 7.61. The number of amides is 2. The average molecular weight is 345 g/mol. The molecule has 7 nitrogen and oxygen atoms in total. The molecule has 0 heterocycles. The van der Waals surface area contributed by atoms with Crippen molar-refractivity contribution < 1.29 is 17.8 Å². The molecule has 0 radical (unpaired) electrons. The Kier molecular flexibility index (Phi) is 8.22. The van der Waals surface area contributed by atoms with Crippen molar-refractivity contribution in [3.8, 4) is 0 Å². The first kappa shape index (κ1) is 21.4. The highest BCUT2D eigenvalue weighted by atomic mass is 32.2. The molecule has 0 aliphatic rings. The molecule has 0 atom stereocenters. The molecule has 0 fully saturated rings. The third kappa shape index (κ3) is 10.7. The summed E-state index contributed by atoms with van der Waals surface area (Å²) in [4.78, 5) is 11.5. The van der Waals surface area contributed by atoms with Crippen LogP contribution in [-0.4, -0.2) is 36.8 Å². The van der Waals surface area contributed by atoms with Gasteiger partial charge in [0.25, 0.3) is 10.1 Å². The van der Waals surface area contributed by atoms with Crippen LogP contribution in [0.3, 0.4) is 0 Å². The second kappa shape index (κ2) is 8.85. The topological polar surface area (TPSA) is 113 Å². The van der Waals surface area contributed by atoms with E-state index >= 15 is 0 Å². The minimum absolute atomic E-state index is 0.139. The SMILES string of the molecule is CCNC(=O)N(N)Cc1ccc(C(C)(C)C)cc1.CS(=O)(=O)O. The standard InChI is InChI=1S/C14H23N3O.CH4O3S/c1-5-16-13(18)17(15)10-11-6-8-12(9-7-11)14(2,3)4;1-5(2,3)4/h6-9H,5,10,15H2,1-4H3,(H,16,18);1H3,(H,2,3,4). The van der Waals surface area contributed by atoms with Gasteiger partial charge in [-0.1, -0.05) is 45.0 Å². The fourth-order valence-electron chi connectivity index (χ4n) is 1.63. The Bertz CT molecular complexity index is 584. The molecule has 0 saturated carbocycles. The van der Waals surface area contributed by atoms with Crippen LogP contribution in [0.1, 0.15) is 38.8 Å². The van der Waals surface area contributed by atoms with Crippen LogP contribution >= 0.6 is 0 Å². The minimum atomic E-state index is -3.67. The summed E-state index contributed by atoms with van der Waals surface area (Å²) in [7, 11) is -3.67. The number of rotatable bonds is 3. The quantitative estimate of drug-likeness (QED) is 0.335. The molecule has 132 valence electrons. The summed E-state index contributed by atoms with van der Waals surface area (Å²) >= 11 is 0. The second-order valence-electron chi connectivity index (χ2n) is 6.14. The number of nitrogens with one attached hydrogen (secondary N) is 1. The summed E-state index contributed by atoms with van der Waals surface area (Å²) in [5.74, 6) is 5.68. The van der Waals surface area contributed by atoms with Crippen molar-refractivity contribution >= 4 is 16.1 Å². The number of nitrogens with two attached hydrogens (primary N) is 1. The lowest BCUT2D eigenvalue weighted by atomic mass is 9.87. The zero-order chi connectivity index (χ0) is 18.3. The number of carbonyl (C=O) groups excluding carboxylic acids is 1. The lowest BCUT2D eigenvalue weighted by Gasteiger charge is -2.20. The highest BCUT2D eigenvalue weighted by Gasteiger charge is 2.13. The highest BCUT2D eigenvalue weighted by molar-refractivity contribution is 7.85. The van der Waals surface area contributed by atoms with E-state index in [2.05, 4.69) is 38.2 Å². The Labute approximate surface area is 138 Å². The molecule has 1 rings (SSSR count). The summed E-state index contributed by atoms with van der Waals surface area (Å²) in [6, 6.07) is 7.94. The maximum absolute atomic E-state index is 11.5. The van der Waals surface area contributed by atoms with Gasteiger partial charge in [-0.15, -0.1) is 0 Å². The number of hydrogen-bond acceptors (Lipinski definition) is 4. The average Bonchev–Trinajstić information content (AvgIpc) is 2.36. The van der Waals surface area contributed by atoms with Gasteiger partial charge in [-0.05, 0) is 23.5 Å². The maximum Gasteiger partial charge on any atom is 0.331 e. The third-order valence-corrected chi connectivity index (χ3v) is 2.76. The van der Waals surface area contributed by atoms with Gasteiger partial charge < -0.3 is 5.32 Å². The molecule has 0 aromatic heterocycles. The first-order valence-electron chi connectivity index (χ1n) is 7.16. The van der Waals surface area contributed by atoms with Gasteiger partial charge in [-0.25, -0.2) is 10.6 Å². The van der Waals surface area contributed by atoms with Crippen LogP contribution in [0.4, 0.5) is 4.79 Å². The van der Waals surface area contributed by atoms with Crippen LogP contribution in [0.25, 0.3) is 0 Å². The Balaban J connectivity index is 0.000000841. The van der Waals surface area contributed by atoms with Gasteiger partial charge >= 0.3 is 6.03 Å². The van der Waals surface area contributed by atoms with Gasteiger partial charge in [0, 0.05) is 6.54 Å². The molecule has 0 aliphatic carbocycles. The first-order chi connectivity index (χ1) is 10.3. The van der Waals surface area contributed by atoms with Crippen molar-refractivity contribution in [3.63, 3.8) is 0 Å². The van der Waals surface area contributed by atoms with E-state index < -0.39 is 10.1 Å². The number of hydrogen-bond donors (Lipinski definition) is 3. The van der Waals surface area contributed by atoms with Gasteiger partial charge in [0.2, 0.25) is 0 Å². The molecule has 0 bridgehead atoms. The minimum Gasteiger partial charge on any atom is -0.337 e. The predicted octanol–water partition coefficient (Wildman–Crippen LogP) is 1.89. The van der Waals surface area contributed by atoms with E-state index in [0.29, 0.717) is 19.3 Å². The van der Waals surface area contributed by atoms with Crippen LogP contribution in [0.2, 0.25) is 0 Å². The number of nitrogens with zero attached hydrogens (tertiary/aromatic N) is 1. The molecule has 1 aromatic carbocycles. The number of benzene rings is 1. The fourth-order valence-corrected chi connectivity index (χ4v) is 1.63. The van der Waals surface area contributed by atoms with Gasteiger partial charge in [0.15, 0.2) is 0 Å². The summed E-state index contributed by atoms with van der Waals surface area (Å²) in [6.07, 6.45) is 0.715. The zero-order valence-corrected chi connectivity index (χ0v) is 15.1. The first-order valence-corrected chi connectivity index (χ1v) is 9.01. The Hall–Kier alpha value is -1.64. The van der Waals surface area contributed by atoms with Crippen molar-refractivity contribution in [2.75, 3.05) is 12.8 Å². The fraction of sp³-hybridized carbons (Fsp3) is 0.533. The largest absolute Gasteiger partial charge is 0.337 e. The predicted molar refractivity (Wildman–Crippen MR) is 91.4 cm³/mol. The molecular formula is C15H27N3O4S. The zero-order valence-electron chi connectivity index (χ0n) is 14.3. The molecule has 4 N–H and O–H groups in total. The summed E-state index contributed by atoms with van der Waals surface area (Å²) in [5, 5.41) is 3.85. The van der Waals surface area contributed by atoms with Crippen molar-refractivity contribution in [2.45, 2.75) is 39.7 Å². The molecule has 0 unspecified atom stereocenters. The summed E-state index contributed by atoms with van der Waals surface area (Å²) in [6.45, 7) is 9.37. The molecule has 0 aliphatic heterocycles. The number of carbonyl (C=O) groups is 1. The van der Waals surface area contributed by atoms with Crippen molar-refractivity contribution in [1.29, 1.82) is 0 Å². The normalized spacial score (nSPS) is 11.3. The molecule has 1 aromatic rings. The smallest absolute Gasteiger partial charge is 0.331 e. The Morgan fingerprint density at radius 2 is 1.70 bits per heavy atom. The highest BCUT2D eigenvalue weighted by Crippen LogP contribution is 2.22. The summed E-state index contributed by atoms with van der Waals surface area (Å²) < 4.78 is 25.9. The molecule has 2 amide bonds. The molecular weight excluding hydrogens is 318 g/mol. The van der Waals surface area contributed by atoms with Crippen LogP contribution in [0.5, 0.6) is 0 Å². The molecule has 0 saturated heterocycles. The van der Waals surface area contributed by atoms with E-state index in [0.717, 1.165) is 5.56 Å². The van der Waals surface area contributed by atoms with Crippen molar-refractivity contribution in [1.82, 2.24) is 10.3 Å². The van der Waals surface area contributed by atoms with E-state index in [1.807, 2.05) is 19.1 Å². The lowest BCUT2D eigenvalue weighted by Crippen LogP contribution is -2.43. The Morgan fingerprint density at radius 1 is 1.26 bits per heavy atom. The van der Waals surface area contributed by atoms with Gasteiger partial charge in [-0.2, -0.15) is 8.42 Å². The van der Waals surface area contributed by atoms with Crippen LogP contribution in [0, 0.1) is 0 Å². The van der Waals surface area contributed by atoms with E-state index in [9.17, 15) is 13.2 Å². The maximum atomic E-state index is 11.5. The summed E-state index contributed by atoms with van der Waals surface area (Å²) in [5.41, 5.74) is 2.44. The van der Waals surface area contributed by atoms with Crippen LogP contribution in [-0.2, 0) is 22.1 Å². The van der Waals surface area contributed by atoms with Crippen molar-refractivity contribution in [3.05, 3.63) is 35.4 Å². The van der Waals surface area contributed by atoms with E-state index in [1.54, 1.807) is 0 Å². The number of urea groups is 1. The van der Waals surface area contributed by atoms with Gasteiger partial charge in [0.1, 0.15) is 0 Å². The molecule has 8 heteroatoms. The van der Waals surface area contributed by atoms with E-state index in [4.69, 9.17) is 10.4 Å². The lowest BCUT2D eigenvalue weighted by molar-refractivity contribution is 0.197. The van der Waals surface area contributed by atoms with Crippen molar-refractivity contribution in [2.24, 2.45) is 5.84 Å². The van der Waals surface area contributed by atoms with Crippen LogP contribution in [0.15, 0.2) is 24.3 Å². The number of hydrazine groups is 1. The van der Waals surface area contributed by atoms with Gasteiger partial charge in [-0.3, -0.25) is 9.56 Å². The molecule has 0 spiro atoms. The monoisotopic (exact) mass is 345 g/mol. The van der Waals surface area contributed by atoms with E-state index in [-0.39, 0.29) is 11.4 Å². The molecule has 23 heavy (non-hydrogen) atoms. The van der Waals surface area contributed by atoms with Crippen LogP contribution < -0.4 is 11.2 Å². The van der Waals surface area contributed by atoms with E-state index in [1.165, 1.54) is 10.6 Å². The Morgan fingerprint density at radius 3 is 2.04 bits per heavy atom.